The van der Waals surface area contributed by atoms with E-state index in [2.05, 4.69) is 6.58 Å². The molecular formula is C8H8F8O2. The molecule has 10 heteroatoms. The SMILES string of the molecule is C=CC(=O)O.CC(F)C(F)(F)C(F)(F)C(F)(F)F. The first-order chi connectivity index (χ1) is 7.71. The van der Waals surface area contributed by atoms with E-state index in [9.17, 15) is 39.9 Å². The van der Waals surface area contributed by atoms with Gasteiger partial charge in [0.15, 0.2) is 6.17 Å². The number of halogens is 8. The first-order valence-corrected chi connectivity index (χ1v) is 4.03. The van der Waals surface area contributed by atoms with Crippen molar-refractivity contribution in [2.75, 3.05) is 0 Å². The van der Waals surface area contributed by atoms with Crippen LogP contribution in [0.5, 0.6) is 0 Å². The van der Waals surface area contributed by atoms with Gasteiger partial charge in [0.05, 0.1) is 0 Å². The van der Waals surface area contributed by atoms with Crippen LogP contribution in [0.15, 0.2) is 12.7 Å². The van der Waals surface area contributed by atoms with Gasteiger partial charge in [0.2, 0.25) is 0 Å². The Morgan fingerprint density at radius 1 is 1.17 bits per heavy atom. The van der Waals surface area contributed by atoms with E-state index >= 15 is 0 Å². The smallest absolute Gasteiger partial charge is 0.459 e. The van der Waals surface area contributed by atoms with Crippen LogP contribution < -0.4 is 0 Å². The molecule has 0 aliphatic rings. The summed E-state index contributed by atoms with van der Waals surface area (Å²) in [4.78, 5) is 9.25. The van der Waals surface area contributed by atoms with E-state index in [-0.39, 0.29) is 6.92 Å². The molecule has 0 bridgehead atoms. The fourth-order valence-corrected chi connectivity index (χ4v) is 0.439. The van der Waals surface area contributed by atoms with Crippen molar-refractivity contribution in [3.8, 4) is 0 Å². The van der Waals surface area contributed by atoms with Crippen LogP contribution >= 0.6 is 0 Å². The molecular weight excluding hydrogens is 280 g/mol. The maximum atomic E-state index is 12.0. The van der Waals surface area contributed by atoms with E-state index in [4.69, 9.17) is 5.11 Å². The molecule has 2 nitrogen and oxygen atoms in total. The molecule has 1 unspecified atom stereocenters. The first kappa shape index (κ1) is 19.0. The summed E-state index contributed by atoms with van der Waals surface area (Å²) in [5.41, 5.74) is 0. The second-order valence-corrected chi connectivity index (χ2v) is 2.85. The summed E-state index contributed by atoms with van der Waals surface area (Å²) in [5.74, 6) is -13.1. The fourth-order valence-electron chi connectivity index (χ4n) is 0.439. The minimum absolute atomic E-state index is 0.0698. The van der Waals surface area contributed by atoms with Crippen molar-refractivity contribution >= 4 is 5.97 Å². The maximum absolute atomic E-state index is 12.0. The zero-order valence-electron chi connectivity index (χ0n) is 8.74. The molecule has 1 atom stereocenters. The zero-order chi connectivity index (χ0) is 15.4. The summed E-state index contributed by atoms with van der Waals surface area (Å²) in [7, 11) is 0. The molecule has 18 heavy (non-hydrogen) atoms. The summed E-state index contributed by atoms with van der Waals surface area (Å²) in [6, 6.07) is 0. The number of carboxylic acids is 1. The molecule has 0 aliphatic heterocycles. The van der Waals surface area contributed by atoms with Crippen LogP contribution in [0.25, 0.3) is 0 Å². The third-order valence-electron chi connectivity index (χ3n) is 1.45. The number of hydrogen-bond donors (Lipinski definition) is 1. The molecule has 0 saturated heterocycles. The maximum Gasteiger partial charge on any atom is 0.459 e. The van der Waals surface area contributed by atoms with Crippen LogP contribution in [0.2, 0.25) is 0 Å². The second kappa shape index (κ2) is 6.01. The van der Waals surface area contributed by atoms with Crippen LogP contribution in [0.1, 0.15) is 6.92 Å². The van der Waals surface area contributed by atoms with Crippen molar-refractivity contribution < 1.29 is 45.0 Å². The van der Waals surface area contributed by atoms with Gasteiger partial charge < -0.3 is 5.11 Å². The van der Waals surface area contributed by atoms with Gasteiger partial charge in [0.25, 0.3) is 0 Å². The molecule has 1 N–H and O–H groups in total. The predicted octanol–water partition coefficient (Wildman–Crippen LogP) is 3.43. The van der Waals surface area contributed by atoms with E-state index in [0.29, 0.717) is 0 Å². The lowest BCUT2D eigenvalue weighted by Crippen LogP contribution is -2.55. The highest BCUT2D eigenvalue weighted by atomic mass is 19.4. The molecule has 108 valence electrons. The number of hydrogen-bond acceptors (Lipinski definition) is 1. The van der Waals surface area contributed by atoms with E-state index in [1.165, 1.54) is 0 Å². The van der Waals surface area contributed by atoms with Crippen molar-refractivity contribution in [2.24, 2.45) is 0 Å². The van der Waals surface area contributed by atoms with E-state index in [1.54, 1.807) is 0 Å². The van der Waals surface area contributed by atoms with Crippen molar-refractivity contribution in [2.45, 2.75) is 31.1 Å². The standard InChI is InChI=1S/C5H4F8.C3H4O2/c1-2(6)3(7,8)4(9,10)5(11,12)13;1-2-3(4)5/h2H,1H3;2H,1H2,(H,4,5). The monoisotopic (exact) mass is 288 g/mol. The molecule has 0 aromatic carbocycles. The zero-order valence-corrected chi connectivity index (χ0v) is 8.74. The highest BCUT2D eigenvalue weighted by molar-refractivity contribution is 5.78. The fraction of sp³-hybridized carbons (Fsp3) is 0.625. The number of carbonyl (C=O) groups is 1. The Bertz CT molecular complexity index is 294. The normalized spacial score (nSPS) is 14.3. The van der Waals surface area contributed by atoms with Crippen LogP contribution in [0.3, 0.4) is 0 Å². The molecule has 0 fully saturated rings. The van der Waals surface area contributed by atoms with Gasteiger partial charge in [-0.25, -0.2) is 9.18 Å². The summed E-state index contributed by atoms with van der Waals surface area (Å²) < 4.78 is 93.3. The van der Waals surface area contributed by atoms with Gasteiger partial charge in [0.1, 0.15) is 0 Å². The van der Waals surface area contributed by atoms with Crippen LogP contribution in [-0.2, 0) is 4.79 Å². The van der Waals surface area contributed by atoms with Crippen LogP contribution in [0.4, 0.5) is 35.1 Å². The largest absolute Gasteiger partial charge is 0.478 e. The van der Waals surface area contributed by atoms with Gasteiger partial charge >= 0.3 is 24.0 Å². The Hall–Kier alpha value is -1.35. The van der Waals surface area contributed by atoms with Crippen molar-refractivity contribution in [3.05, 3.63) is 12.7 Å². The van der Waals surface area contributed by atoms with Gasteiger partial charge in [0, 0.05) is 6.08 Å². The minimum atomic E-state index is -6.46. The highest BCUT2D eigenvalue weighted by Crippen LogP contribution is 2.48. The summed E-state index contributed by atoms with van der Waals surface area (Å²) >= 11 is 0. The highest BCUT2D eigenvalue weighted by Gasteiger charge is 2.75. The third kappa shape index (κ3) is 4.49. The molecule has 0 saturated carbocycles. The molecule has 0 rings (SSSR count). The Kier molecular flexibility index (Phi) is 6.34. The van der Waals surface area contributed by atoms with Crippen molar-refractivity contribution in [1.82, 2.24) is 0 Å². The minimum Gasteiger partial charge on any atom is -0.478 e. The molecule has 0 spiro atoms. The number of aliphatic carboxylic acids is 1. The molecule has 0 aromatic rings. The molecule has 0 radical (unpaired) electrons. The Morgan fingerprint density at radius 2 is 1.44 bits per heavy atom. The Balaban J connectivity index is 0. The van der Waals surface area contributed by atoms with Crippen molar-refractivity contribution in [3.63, 3.8) is 0 Å². The van der Waals surface area contributed by atoms with Crippen LogP contribution in [0, 0.1) is 0 Å². The summed E-state index contributed by atoms with van der Waals surface area (Å²) in [6.07, 6.45) is -9.21. The van der Waals surface area contributed by atoms with Gasteiger partial charge in [-0.2, -0.15) is 30.7 Å². The molecule has 0 amide bonds. The number of carboxylic acid groups (broad SMARTS) is 1. The summed E-state index contributed by atoms with van der Waals surface area (Å²) in [6.45, 7) is 2.89. The second-order valence-electron chi connectivity index (χ2n) is 2.85. The molecule has 0 aliphatic carbocycles. The Labute approximate surface area is 95.9 Å². The van der Waals surface area contributed by atoms with Crippen LogP contribution in [-0.4, -0.2) is 35.3 Å². The van der Waals surface area contributed by atoms with E-state index in [0.717, 1.165) is 6.08 Å². The Morgan fingerprint density at radius 3 is 1.50 bits per heavy atom. The van der Waals surface area contributed by atoms with Gasteiger partial charge in [-0.15, -0.1) is 0 Å². The first-order valence-electron chi connectivity index (χ1n) is 4.03. The van der Waals surface area contributed by atoms with Gasteiger partial charge in [-0.3, -0.25) is 0 Å². The third-order valence-corrected chi connectivity index (χ3v) is 1.45. The average molecular weight is 288 g/mol. The summed E-state index contributed by atoms with van der Waals surface area (Å²) in [5, 5.41) is 7.60. The topological polar surface area (TPSA) is 37.3 Å². The lowest BCUT2D eigenvalue weighted by molar-refractivity contribution is -0.364. The van der Waals surface area contributed by atoms with Crippen molar-refractivity contribution in [1.29, 1.82) is 0 Å². The lowest BCUT2D eigenvalue weighted by Gasteiger charge is -2.28. The van der Waals surface area contributed by atoms with Gasteiger partial charge in [-0.05, 0) is 6.92 Å². The quantitative estimate of drug-likeness (QED) is 0.638. The van der Waals surface area contributed by atoms with E-state index < -0.39 is 30.2 Å². The predicted molar refractivity (Wildman–Crippen MR) is 44.4 cm³/mol. The number of rotatable bonds is 3. The average Bonchev–Trinajstić information content (AvgIpc) is 2.16. The molecule has 0 aromatic heterocycles. The van der Waals surface area contributed by atoms with E-state index in [1.807, 2.05) is 0 Å². The lowest BCUT2D eigenvalue weighted by atomic mass is 10.1. The molecule has 0 heterocycles. The number of alkyl halides is 8. The van der Waals surface area contributed by atoms with Gasteiger partial charge in [-0.1, -0.05) is 6.58 Å².